The van der Waals surface area contributed by atoms with E-state index in [9.17, 15) is 0 Å². The van der Waals surface area contributed by atoms with Crippen molar-refractivity contribution in [2.75, 3.05) is 39.8 Å². The van der Waals surface area contributed by atoms with Gasteiger partial charge in [0.1, 0.15) is 12.1 Å². The molecule has 1 aromatic heterocycles. The zero-order chi connectivity index (χ0) is 17.1. The third-order valence-corrected chi connectivity index (χ3v) is 5.69. The normalized spacial score (nSPS) is 20.8. The first-order valence-electron chi connectivity index (χ1n) is 9.56. The molecule has 2 aliphatic heterocycles. The second-order valence-corrected chi connectivity index (χ2v) is 7.52. The third kappa shape index (κ3) is 3.93. The maximum atomic E-state index is 6.09. The lowest BCUT2D eigenvalue weighted by Crippen LogP contribution is -2.32. The Morgan fingerprint density at radius 2 is 1.92 bits per heavy atom. The van der Waals surface area contributed by atoms with Crippen molar-refractivity contribution in [3.63, 3.8) is 0 Å². The fourth-order valence-electron chi connectivity index (χ4n) is 4.01. The molecule has 0 radical (unpaired) electrons. The Morgan fingerprint density at radius 1 is 1.12 bits per heavy atom. The molecule has 0 bridgehead atoms. The van der Waals surface area contributed by atoms with Crippen LogP contribution >= 0.6 is 0 Å². The first-order chi connectivity index (χ1) is 12.3. The number of rotatable bonds is 4. The molecule has 1 aromatic carbocycles. The number of nitrogens with zero attached hydrogens (tertiary/aromatic N) is 3. The first kappa shape index (κ1) is 16.7. The number of hydrogen-bond acceptors (Lipinski definition) is 5. The van der Waals surface area contributed by atoms with Crippen LogP contribution in [-0.2, 0) is 0 Å². The fourth-order valence-corrected chi connectivity index (χ4v) is 4.01. The molecule has 5 heteroatoms. The van der Waals surface area contributed by atoms with E-state index in [2.05, 4.69) is 45.4 Å². The summed E-state index contributed by atoms with van der Waals surface area (Å²) in [5.74, 6) is 2.14. The number of likely N-dealkylation sites (tertiary alicyclic amines) is 1. The number of ether oxygens (including phenoxy) is 1. The van der Waals surface area contributed by atoms with E-state index in [1.807, 2.05) is 0 Å². The summed E-state index contributed by atoms with van der Waals surface area (Å²) in [4.78, 5) is 11.5. The van der Waals surface area contributed by atoms with Gasteiger partial charge in [0.15, 0.2) is 0 Å². The lowest BCUT2D eigenvalue weighted by Gasteiger charge is -2.28. The standard InChI is InChI=1S/C20H28N4O/c1-24-10-6-15(7-11-24)13-25-17-2-3-18-19(12-17)22-14-23-20(18)16-4-8-21-9-5-16/h2-3,12,14-16,21H,4-11,13H2,1H3. The number of aromatic nitrogens is 2. The van der Waals surface area contributed by atoms with Crippen LogP contribution in [-0.4, -0.2) is 54.7 Å². The SMILES string of the molecule is CN1CCC(COc2ccc3c(C4CCNCC4)ncnc3c2)CC1. The molecule has 4 rings (SSSR count). The van der Waals surface area contributed by atoms with Gasteiger partial charge in [0.25, 0.3) is 0 Å². The maximum Gasteiger partial charge on any atom is 0.121 e. The molecule has 0 amide bonds. The van der Waals surface area contributed by atoms with E-state index in [1.54, 1.807) is 6.33 Å². The molecule has 2 saturated heterocycles. The molecular formula is C20H28N4O. The molecular weight excluding hydrogens is 312 g/mol. The summed E-state index contributed by atoms with van der Waals surface area (Å²) >= 11 is 0. The van der Waals surface area contributed by atoms with E-state index in [-0.39, 0.29) is 0 Å². The molecule has 25 heavy (non-hydrogen) atoms. The molecule has 0 atom stereocenters. The smallest absolute Gasteiger partial charge is 0.121 e. The van der Waals surface area contributed by atoms with Crippen LogP contribution < -0.4 is 10.1 Å². The predicted octanol–water partition coefficient (Wildman–Crippen LogP) is 2.82. The Bertz CT molecular complexity index is 706. The number of piperidine rings is 2. The quantitative estimate of drug-likeness (QED) is 0.927. The van der Waals surface area contributed by atoms with Crippen LogP contribution in [0.3, 0.4) is 0 Å². The molecule has 0 aliphatic carbocycles. The van der Waals surface area contributed by atoms with Crippen LogP contribution in [0.15, 0.2) is 24.5 Å². The van der Waals surface area contributed by atoms with E-state index in [1.165, 1.54) is 37.0 Å². The highest BCUT2D eigenvalue weighted by Crippen LogP contribution is 2.30. The molecule has 1 N–H and O–H groups in total. The number of fused-ring (bicyclic) bond motifs is 1. The van der Waals surface area contributed by atoms with Crippen LogP contribution in [0.5, 0.6) is 5.75 Å². The minimum Gasteiger partial charge on any atom is -0.493 e. The van der Waals surface area contributed by atoms with Gasteiger partial charge in [-0.25, -0.2) is 9.97 Å². The Labute approximate surface area is 149 Å². The van der Waals surface area contributed by atoms with Crippen LogP contribution in [0, 0.1) is 5.92 Å². The Morgan fingerprint density at radius 3 is 2.72 bits per heavy atom. The largest absolute Gasteiger partial charge is 0.493 e. The van der Waals surface area contributed by atoms with Gasteiger partial charge in [-0.15, -0.1) is 0 Å². The lowest BCUT2D eigenvalue weighted by molar-refractivity contribution is 0.160. The molecule has 0 saturated carbocycles. The maximum absolute atomic E-state index is 6.09. The van der Waals surface area contributed by atoms with Crippen molar-refractivity contribution >= 4 is 10.9 Å². The van der Waals surface area contributed by atoms with Crippen molar-refractivity contribution in [1.29, 1.82) is 0 Å². The van der Waals surface area contributed by atoms with Crippen LogP contribution in [0.2, 0.25) is 0 Å². The van der Waals surface area contributed by atoms with Gasteiger partial charge in [0.2, 0.25) is 0 Å². The van der Waals surface area contributed by atoms with E-state index in [0.717, 1.165) is 43.8 Å². The summed E-state index contributed by atoms with van der Waals surface area (Å²) in [6, 6.07) is 6.32. The topological polar surface area (TPSA) is 50.3 Å². The highest BCUT2D eigenvalue weighted by atomic mass is 16.5. The van der Waals surface area contributed by atoms with Crippen molar-refractivity contribution in [3.05, 3.63) is 30.2 Å². The van der Waals surface area contributed by atoms with Crippen molar-refractivity contribution in [2.24, 2.45) is 5.92 Å². The second-order valence-electron chi connectivity index (χ2n) is 7.52. The van der Waals surface area contributed by atoms with Gasteiger partial charge < -0.3 is 15.0 Å². The van der Waals surface area contributed by atoms with Gasteiger partial charge in [-0.2, -0.15) is 0 Å². The second kappa shape index (κ2) is 7.67. The first-order valence-corrected chi connectivity index (χ1v) is 9.56. The van der Waals surface area contributed by atoms with Gasteiger partial charge in [0, 0.05) is 17.4 Å². The highest BCUT2D eigenvalue weighted by Gasteiger charge is 2.20. The molecule has 134 valence electrons. The van der Waals surface area contributed by atoms with Gasteiger partial charge in [-0.05, 0) is 77.0 Å². The van der Waals surface area contributed by atoms with Crippen LogP contribution in [0.1, 0.15) is 37.3 Å². The van der Waals surface area contributed by atoms with Crippen molar-refractivity contribution in [1.82, 2.24) is 20.2 Å². The van der Waals surface area contributed by atoms with E-state index in [0.29, 0.717) is 11.8 Å². The molecule has 2 aromatic rings. The summed E-state index contributed by atoms with van der Waals surface area (Å²) < 4.78 is 6.09. The van der Waals surface area contributed by atoms with Gasteiger partial charge in [-0.1, -0.05) is 0 Å². The Kier molecular flexibility index (Phi) is 5.13. The summed E-state index contributed by atoms with van der Waals surface area (Å²) in [6.07, 6.45) is 6.47. The molecule has 2 fully saturated rings. The van der Waals surface area contributed by atoms with Crippen LogP contribution in [0.4, 0.5) is 0 Å². The summed E-state index contributed by atoms with van der Waals surface area (Å²) in [5, 5.41) is 4.61. The molecule has 5 nitrogen and oxygen atoms in total. The Balaban J connectivity index is 1.47. The van der Waals surface area contributed by atoms with E-state index >= 15 is 0 Å². The number of nitrogens with one attached hydrogen (secondary N) is 1. The summed E-state index contributed by atoms with van der Waals surface area (Å²) in [6.45, 7) is 5.32. The number of benzene rings is 1. The van der Waals surface area contributed by atoms with Gasteiger partial charge in [-0.3, -0.25) is 0 Å². The molecule has 0 unspecified atom stereocenters. The Hall–Kier alpha value is -1.72. The van der Waals surface area contributed by atoms with E-state index < -0.39 is 0 Å². The van der Waals surface area contributed by atoms with E-state index in [4.69, 9.17) is 4.74 Å². The van der Waals surface area contributed by atoms with Crippen molar-refractivity contribution in [2.45, 2.75) is 31.6 Å². The predicted molar refractivity (Wildman–Crippen MR) is 100 cm³/mol. The zero-order valence-corrected chi connectivity index (χ0v) is 15.1. The van der Waals surface area contributed by atoms with Crippen LogP contribution in [0.25, 0.3) is 10.9 Å². The highest BCUT2D eigenvalue weighted by molar-refractivity contribution is 5.82. The zero-order valence-electron chi connectivity index (χ0n) is 15.1. The average Bonchev–Trinajstić information content (AvgIpc) is 2.67. The molecule has 3 heterocycles. The van der Waals surface area contributed by atoms with Crippen molar-refractivity contribution < 1.29 is 4.74 Å². The number of hydrogen-bond donors (Lipinski definition) is 1. The third-order valence-electron chi connectivity index (χ3n) is 5.69. The average molecular weight is 340 g/mol. The monoisotopic (exact) mass is 340 g/mol. The van der Waals surface area contributed by atoms with Gasteiger partial charge in [0.05, 0.1) is 17.8 Å². The lowest BCUT2D eigenvalue weighted by atomic mass is 9.92. The summed E-state index contributed by atoms with van der Waals surface area (Å²) in [5.41, 5.74) is 2.21. The minimum atomic E-state index is 0.540. The van der Waals surface area contributed by atoms with Crippen molar-refractivity contribution in [3.8, 4) is 5.75 Å². The molecule has 2 aliphatic rings. The fraction of sp³-hybridized carbons (Fsp3) is 0.600. The summed E-state index contributed by atoms with van der Waals surface area (Å²) in [7, 11) is 2.19. The minimum absolute atomic E-state index is 0.540. The molecule has 0 spiro atoms. The van der Waals surface area contributed by atoms with Gasteiger partial charge >= 0.3 is 0 Å².